The minimum atomic E-state index is -0.376. The molecule has 138 valence electrons. The fraction of sp³-hybridized carbons (Fsp3) is 0.105. The third-order valence-electron chi connectivity index (χ3n) is 3.62. The zero-order valence-corrected chi connectivity index (χ0v) is 16.7. The average Bonchev–Trinajstić information content (AvgIpc) is 2.96. The second-order valence-corrected chi connectivity index (χ2v) is 6.85. The van der Waals surface area contributed by atoms with Crippen molar-refractivity contribution in [2.24, 2.45) is 5.10 Å². The number of carbonyl (C=O) groups excluding carboxylic acids is 1. The lowest BCUT2D eigenvalue weighted by molar-refractivity contribution is -0.123. The highest BCUT2D eigenvalue weighted by molar-refractivity contribution is 9.10. The number of rotatable bonds is 6. The number of nitrogens with zero attached hydrogens (tertiary/aromatic N) is 3. The molecule has 3 aromatic rings. The van der Waals surface area contributed by atoms with Crippen molar-refractivity contribution < 1.29 is 9.53 Å². The molecule has 0 bridgehead atoms. The SMILES string of the molecule is Cc1nn(-c2ccccc2)c(Cl)c1C=NNC(=O)COc1ccc(Br)cc1. The molecule has 6 nitrogen and oxygen atoms in total. The van der Waals surface area contributed by atoms with Crippen molar-refractivity contribution in [1.29, 1.82) is 0 Å². The Morgan fingerprint density at radius 2 is 1.96 bits per heavy atom. The van der Waals surface area contributed by atoms with Crippen LogP contribution in [0.25, 0.3) is 5.69 Å². The summed E-state index contributed by atoms with van der Waals surface area (Å²) >= 11 is 9.74. The Morgan fingerprint density at radius 1 is 1.26 bits per heavy atom. The van der Waals surface area contributed by atoms with E-state index in [2.05, 4.69) is 31.6 Å². The van der Waals surface area contributed by atoms with E-state index in [0.717, 1.165) is 10.2 Å². The van der Waals surface area contributed by atoms with Gasteiger partial charge in [0.1, 0.15) is 10.9 Å². The lowest BCUT2D eigenvalue weighted by Gasteiger charge is -2.04. The Balaban J connectivity index is 1.60. The van der Waals surface area contributed by atoms with Crippen LogP contribution in [0.1, 0.15) is 11.3 Å². The van der Waals surface area contributed by atoms with Crippen molar-refractivity contribution in [3.63, 3.8) is 0 Å². The molecule has 2 aromatic carbocycles. The molecule has 0 saturated heterocycles. The van der Waals surface area contributed by atoms with Gasteiger partial charge in [-0.2, -0.15) is 10.2 Å². The van der Waals surface area contributed by atoms with Crippen LogP contribution in [-0.2, 0) is 4.79 Å². The first kappa shape index (κ1) is 19.1. The van der Waals surface area contributed by atoms with Crippen LogP contribution in [0.2, 0.25) is 5.15 Å². The first-order valence-electron chi connectivity index (χ1n) is 8.05. The number of aryl methyl sites for hydroxylation is 1. The summed E-state index contributed by atoms with van der Waals surface area (Å²) in [5.41, 5.74) is 4.60. The summed E-state index contributed by atoms with van der Waals surface area (Å²) in [5, 5.41) is 8.78. The zero-order valence-electron chi connectivity index (χ0n) is 14.4. The molecule has 0 aliphatic rings. The fourth-order valence-corrected chi connectivity index (χ4v) is 2.86. The van der Waals surface area contributed by atoms with Gasteiger partial charge >= 0.3 is 0 Å². The third-order valence-corrected chi connectivity index (χ3v) is 4.51. The monoisotopic (exact) mass is 446 g/mol. The summed E-state index contributed by atoms with van der Waals surface area (Å²) in [6.07, 6.45) is 1.47. The number of carbonyl (C=O) groups is 1. The molecule has 0 saturated carbocycles. The quantitative estimate of drug-likeness (QED) is 0.456. The predicted octanol–water partition coefficient (Wildman–Crippen LogP) is 4.13. The van der Waals surface area contributed by atoms with Gasteiger partial charge in [-0.05, 0) is 43.3 Å². The first-order chi connectivity index (χ1) is 13.0. The Kier molecular flexibility index (Phi) is 6.26. The number of hydrazone groups is 1. The van der Waals surface area contributed by atoms with Gasteiger partial charge in [0.15, 0.2) is 6.61 Å². The molecule has 1 amide bonds. The van der Waals surface area contributed by atoms with Gasteiger partial charge in [-0.15, -0.1) is 0 Å². The van der Waals surface area contributed by atoms with Gasteiger partial charge in [-0.1, -0.05) is 45.7 Å². The van der Waals surface area contributed by atoms with E-state index < -0.39 is 0 Å². The number of hydrogen-bond acceptors (Lipinski definition) is 4. The van der Waals surface area contributed by atoms with E-state index in [-0.39, 0.29) is 12.5 Å². The van der Waals surface area contributed by atoms with Crippen molar-refractivity contribution >= 4 is 39.7 Å². The smallest absolute Gasteiger partial charge is 0.277 e. The maximum absolute atomic E-state index is 11.9. The molecule has 1 N–H and O–H groups in total. The maximum Gasteiger partial charge on any atom is 0.277 e. The van der Waals surface area contributed by atoms with Crippen molar-refractivity contribution in [3.05, 3.63) is 75.5 Å². The Labute approximate surface area is 169 Å². The van der Waals surface area contributed by atoms with Crippen molar-refractivity contribution in [2.75, 3.05) is 6.61 Å². The molecular formula is C19H16BrClN4O2. The van der Waals surface area contributed by atoms with Crippen LogP contribution in [0, 0.1) is 6.92 Å². The summed E-state index contributed by atoms with van der Waals surface area (Å²) in [5.74, 6) is 0.221. The molecule has 1 aromatic heterocycles. The van der Waals surface area contributed by atoms with E-state index in [0.29, 0.717) is 22.2 Å². The van der Waals surface area contributed by atoms with Gasteiger partial charge in [0, 0.05) is 4.47 Å². The molecule has 0 fully saturated rings. The summed E-state index contributed by atoms with van der Waals surface area (Å²) in [6.45, 7) is 1.68. The van der Waals surface area contributed by atoms with Crippen LogP contribution in [0.4, 0.5) is 0 Å². The summed E-state index contributed by atoms with van der Waals surface area (Å²) < 4.78 is 7.94. The summed E-state index contributed by atoms with van der Waals surface area (Å²) in [7, 11) is 0. The molecule has 3 rings (SSSR count). The molecule has 0 unspecified atom stereocenters. The number of amides is 1. The van der Waals surface area contributed by atoms with E-state index in [9.17, 15) is 4.79 Å². The number of ether oxygens (including phenoxy) is 1. The van der Waals surface area contributed by atoms with Crippen LogP contribution < -0.4 is 10.2 Å². The third kappa shape index (κ3) is 4.96. The fourth-order valence-electron chi connectivity index (χ4n) is 2.28. The molecule has 0 aliphatic carbocycles. The van der Waals surface area contributed by atoms with Crippen LogP contribution >= 0.6 is 27.5 Å². The maximum atomic E-state index is 11.9. The molecule has 8 heteroatoms. The van der Waals surface area contributed by atoms with Gasteiger partial charge in [-0.25, -0.2) is 10.1 Å². The highest BCUT2D eigenvalue weighted by atomic mass is 79.9. The van der Waals surface area contributed by atoms with Gasteiger partial charge in [0.25, 0.3) is 5.91 Å². The molecule has 0 spiro atoms. The minimum absolute atomic E-state index is 0.144. The predicted molar refractivity (Wildman–Crippen MR) is 109 cm³/mol. The van der Waals surface area contributed by atoms with Gasteiger partial charge in [0.05, 0.1) is 23.2 Å². The second kappa shape index (κ2) is 8.83. The van der Waals surface area contributed by atoms with E-state index in [1.807, 2.05) is 49.4 Å². The number of aromatic nitrogens is 2. The number of benzene rings is 2. The zero-order chi connectivity index (χ0) is 19.2. The highest BCUT2D eigenvalue weighted by Gasteiger charge is 2.13. The van der Waals surface area contributed by atoms with E-state index >= 15 is 0 Å². The Bertz CT molecular complexity index is 956. The molecule has 27 heavy (non-hydrogen) atoms. The molecule has 0 atom stereocenters. The largest absolute Gasteiger partial charge is 0.484 e. The van der Waals surface area contributed by atoms with E-state index in [1.165, 1.54) is 6.21 Å². The number of halogens is 2. The first-order valence-corrected chi connectivity index (χ1v) is 9.22. The van der Waals surface area contributed by atoms with Gasteiger partial charge in [0.2, 0.25) is 0 Å². The van der Waals surface area contributed by atoms with E-state index in [4.69, 9.17) is 16.3 Å². The topological polar surface area (TPSA) is 68.5 Å². The number of para-hydroxylation sites is 1. The van der Waals surface area contributed by atoms with Crippen LogP contribution in [0.5, 0.6) is 5.75 Å². The summed E-state index contributed by atoms with van der Waals surface area (Å²) in [4.78, 5) is 11.9. The molecule has 0 aliphatic heterocycles. The second-order valence-electron chi connectivity index (χ2n) is 5.57. The van der Waals surface area contributed by atoms with Crippen LogP contribution in [-0.4, -0.2) is 28.5 Å². The lowest BCUT2D eigenvalue weighted by atomic mass is 10.3. The standard InChI is InChI=1S/C19H16BrClN4O2/c1-13-17(19(21)25(24-13)15-5-3-2-4-6-15)11-22-23-18(26)12-27-16-9-7-14(20)8-10-16/h2-11H,12H2,1H3,(H,23,26). The van der Waals surface area contributed by atoms with Gasteiger partial charge < -0.3 is 4.74 Å². The average molecular weight is 448 g/mol. The van der Waals surface area contributed by atoms with Crippen molar-refractivity contribution in [1.82, 2.24) is 15.2 Å². The molecule has 0 radical (unpaired) electrons. The van der Waals surface area contributed by atoms with Crippen LogP contribution in [0.15, 0.2) is 64.2 Å². The van der Waals surface area contributed by atoms with Crippen molar-refractivity contribution in [3.8, 4) is 11.4 Å². The van der Waals surface area contributed by atoms with Crippen molar-refractivity contribution in [2.45, 2.75) is 6.92 Å². The summed E-state index contributed by atoms with van der Waals surface area (Å²) in [6, 6.07) is 16.7. The minimum Gasteiger partial charge on any atom is -0.484 e. The van der Waals surface area contributed by atoms with Crippen LogP contribution in [0.3, 0.4) is 0 Å². The lowest BCUT2D eigenvalue weighted by Crippen LogP contribution is -2.24. The van der Waals surface area contributed by atoms with E-state index in [1.54, 1.807) is 16.8 Å². The number of hydrogen-bond donors (Lipinski definition) is 1. The molecule has 1 heterocycles. The Morgan fingerprint density at radius 3 is 2.67 bits per heavy atom. The van der Waals surface area contributed by atoms with Gasteiger partial charge in [-0.3, -0.25) is 4.79 Å². The normalized spacial score (nSPS) is 10.9. The number of nitrogens with one attached hydrogen (secondary N) is 1. The molecular weight excluding hydrogens is 432 g/mol. The Hall–Kier alpha value is -2.64. The highest BCUT2D eigenvalue weighted by Crippen LogP contribution is 2.21.